The van der Waals surface area contributed by atoms with Gasteiger partial charge in [-0.2, -0.15) is 8.78 Å². The first kappa shape index (κ1) is 19.9. The molecule has 148 valence electrons. The fourth-order valence-electron chi connectivity index (χ4n) is 3.83. The van der Waals surface area contributed by atoms with Gasteiger partial charge in [0.15, 0.2) is 6.29 Å². The average Bonchev–Trinajstić information content (AvgIpc) is 2.91. The van der Waals surface area contributed by atoms with E-state index >= 15 is 0 Å². The van der Waals surface area contributed by atoms with Gasteiger partial charge in [-0.3, -0.25) is 4.79 Å². The standard InChI is InChI=1S/C16H20N2O.C4H7F2NO/c1-12-15(11-19)14-8-5-9-17-16(14)18(12)10-13-6-3-2-4-7-13;5-4(6)8-3-1-7-2-3/h5,8-9,11,13H,2-4,6-7,10H2,1H3;3-4,7H,1-2H2. The number of aromatic nitrogens is 2. The molecule has 1 aliphatic heterocycles. The van der Waals surface area contributed by atoms with Crippen LogP contribution in [0.4, 0.5) is 8.78 Å². The molecule has 0 radical (unpaired) electrons. The van der Waals surface area contributed by atoms with Crippen LogP contribution in [-0.2, 0) is 11.3 Å². The number of carbonyl (C=O) groups is 1. The number of hydrogen-bond acceptors (Lipinski definition) is 4. The van der Waals surface area contributed by atoms with Gasteiger partial charge in [0.1, 0.15) is 5.65 Å². The maximum absolute atomic E-state index is 11.3. The lowest BCUT2D eigenvalue weighted by atomic mass is 9.89. The molecule has 1 saturated carbocycles. The molecule has 1 saturated heterocycles. The van der Waals surface area contributed by atoms with E-state index in [9.17, 15) is 13.6 Å². The summed E-state index contributed by atoms with van der Waals surface area (Å²) in [5.74, 6) is 0.740. The van der Waals surface area contributed by atoms with Crippen molar-refractivity contribution in [2.24, 2.45) is 5.92 Å². The second kappa shape index (κ2) is 9.37. The van der Waals surface area contributed by atoms with Crippen molar-refractivity contribution in [2.45, 2.75) is 58.3 Å². The van der Waals surface area contributed by atoms with Crippen molar-refractivity contribution in [1.29, 1.82) is 0 Å². The summed E-state index contributed by atoms with van der Waals surface area (Å²) < 4.78 is 28.8. The first-order valence-electron chi connectivity index (χ1n) is 9.63. The average molecular weight is 379 g/mol. The molecule has 7 heteroatoms. The molecule has 0 unspecified atom stereocenters. The molecule has 27 heavy (non-hydrogen) atoms. The van der Waals surface area contributed by atoms with Crippen LogP contribution in [0.15, 0.2) is 18.3 Å². The highest BCUT2D eigenvalue weighted by Crippen LogP contribution is 2.29. The van der Waals surface area contributed by atoms with Gasteiger partial charge >= 0.3 is 6.61 Å². The van der Waals surface area contributed by atoms with Gasteiger partial charge in [0.2, 0.25) is 0 Å². The lowest BCUT2D eigenvalue weighted by molar-refractivity contribution is -0.172. The highest BCUT2D eigenvalue weighted by atomic mass is 19.3. The van der Waals surface area contributed by atoms with Crippen LogP contribution < -0.4 is 5.32 Å². The van der Waals surface area contributed by atoms with E-state index in [0.29, 0.717) is 13.1 Å². The number of nitrogens with zero attached hydrogens (tertiary/aromatic N) is 2. The van der Waals surface area contributed by atoms with Crippen LogP contribution in [0, 0.1) is 12.8 Å². The molecule has 1 N–H and O–H groups in total. The second-order valence-corrected chi connectivity index (χ2v) is 7.28. The largest absolute Gasteiger partial charge is 0.345 e. The molecule has 0 spiro atoms. The van der Waals surface area contributed by atoms with Gasteiger partial charge in [-0.1, -0.05) is 19.3 Å². The van der Waals surface area contributed by atoms with Gasteiger partial charge < -0.3 is 14.6 Å². The zero-order valence-electron chi connectivity index (χ0n) is 15.7. The Kier molecular flexibility index (Phi) is 6.90. The number of fused-ring (bicyclic) bond motifs is 1. The zero-order valence-corrected chi connectivity index (χ0v) is 15.7. The molecule has 1 aliphatic carbocycles. The Balaban J connectivity index is 0.000000221. The van der Waals surface area contributed by atoms with Gasteiger partial charge in [0.25, 0.3) is 0 Å². The van der Waals surface area contributed by atoms with Crippen molar-refractivity contribution < 1.29 is 18.3 Å². The molecule has 3 heterocycles. The highest BCUT2D eigenvalue weighted by Gasteiger charge is 2.21. The van der Waals surface area contributed by atoms with Crippen molar-refractivity contribution >= 4 is 17.3 Å². The minimum Gasteiger partial charge on any atom is -0.329 e. The summed E-state index contributed by atoms with van der Waals surface area (Å²) in [5.41, 5.74) is 2.83. The monoisotopic (exact) mass is 379 g/mol. The van der Waals surface area contributed by atoms with Gasteiger partial charge in [-0.05, 0) is 37.8 Å². The van der Waals surface area contributed by atoms with Crippen LogP contribution in [0.5, 0.6) is 0 Å². The topological polar surface area (TPSA) is 56.2 Å². The maximum atomic E-state index is 11.3. The van der Waals surface area contributed by atoms with Crippen LogP contribution in [0.3, 0.4) is 0 Å². The quantitative estimate of drug-likeness (QED) is 0.800. The van der Waals surface area contributed by atoms with Crippen LogP contribution in [0.2, 0.25) is 0 Å². The summed E-state index contributed by atoms with van der Waals surface area (Å²) in [6.07, 6.45) is 9.21. The van der Waals surface area contributed by atoms with Crippen LogP contribution >= 0.6 is 0 Å². The minimum absolute atomic E-state index is 0.255. The van der Waals surface area contributed by atoms with Crippen molar-refractivity contribution in [3.63, 3.8) is 0 Å². The Morgan fingerprint density at radius 2 is 2.07 bits per heavy atom. The second-order valence-electron chi connectivity index (χ2n) is 7.28. The molecule has 0 aromatic carbocycles. The number of ether oxygens (including phenoxy) is 1. The van der Waals surface area contributed by atoms with E-state index in [1.165, 1.54) is 32.1 Å². The Labute approximate surface area is 158 Å². The van der Waals surface area contributed by atoms with Crippen molar-refractivity contribution in [3.05, 3.63) is 29.6 Å². The number of nitrogens with one attached hydrogen (secondary N) is 1. The summed E-state index contributed by atoms with van der Waals surface area (Å²) in [6.45, 7) is 1.55. The first-order valence-corrected chi connectivity index (χ1v) is 9.63. The molecule has 0 bridgehead atoms. The molecular formula is C20H27F2N3O2. The number of alkyl halides is 2. The van der Waals surface area contributed by atoms with Gasteiger partial charge in [0.05, 0.1) is 6.10 Å². The zero-order chi connectivity index (χ0) is 19.2. The van der Waals surface area contributed by atoms with E-state index in [1.54, 1.807) is 0 Å². The predicted molar refractivity (Wildman–Crippen MR) is 100 cm³/mol. The number of pyridine rings is 1. The van der Waals surface area contributed by atoms with Crippen LogP contribution in [0.1, 0.15) is 48.2 Å². The Bertz CT molecular complexity index is 753. The predicted octanol–water partition coefficient (Wildman–Crippen LogP) is 3.93. The Hall–Kier alpha value is -1.86. The normalized spacial score (nSPS) is 18.2. The maximum Gasteiger partial charge on any atom is 0.345 e. The molecule has 0 atom stereocenters. The van der Waals surface area contributed by atoms with E-state index in [0.717, 1.165) is 41.0 Å². The minimum atomic E-state index is -2.61. The number of rotatable bonds is 5. The lowest BCUT2D eigenvalue weighted by Crippen LogP contribution is -2.49. The number of halogens is 2. The molecule has 5 nitrogen and oxygen atoms in total. The Morgan fingerprint density at radius 3 is 2.63 bits per heavy atom. The smallest absolute Gasteiger partial charge is 0.329 e. The summed E-state index contributed by atoms with van der Waals surface area (Å²) >= 11 is 0. The Morgan fingerprint density at radius 1 is 1.33 bits per heavy atom. The highest BCUT2D eigenvalue weighted by molar-refractivity contribution is 5.97. The van der Waals surface area contributed by atoms with E-state index in [2.05, 4.69) is 19.6 Å². The fourth-order valence-corrected chi connectivity index (χ4v) is 3.83. The van der Waals surface area contributed by atoms with E-state index in [1.807, 2.05) is 25.3 Å². The molecule has 4 rings (SSSR count). The van der Waals surface area contributed by atoms with E-state index in [-0.39, 0.29) is 6.10 Å². The van der Waals surface area contributed by atoms with Gasteiger partial charge in [-0.25, -0.2) is 4.98 Å². The third kappa shape index (κ3) is 4.90. The number of carbonyl (C=O) groups excluding carboxylic acids is 1. The summed E-state index contributed by atoms with van der Waals surface area (Å²) in [7, 11) is 0. The van der Waals surface area contributed by atoms with E-state index in [4.69, 9.17) is 0 Å². The number of hydrogen-bond donors (Lipinski definition) is 1. The van der Waals surface area contributed by atoms with Gasteiger partial charge in [-0.15, -0.1) is 0 Å². The van der Waals surface area contributed by atoms with Crippen LogP contribution in [0.25, 0.3) is 11.0 Å². The third-order valence-corrected chi connectivity index (χ3v) is 5.45. The van der Waals surface area contributed by atoms with E-state index < -0.39 is 6.61 Å². The fraction of sp³-hybridized carbons (Fsp3) is 0.600. The molecular weight excluding hydrogens is 352 g/mol. The summed E-state index contributed by atoms with van der Waals surface area (Å²) in [4.78, 5) is 15.8. The number of aldehydes is 1. The summed E-state index contributed by atoms with van der Waals surface area (Å²) in [5, 5.41) is 3.80. The molecule has 0 amide bonds. The van der Waals surface area contributed by atoms with Crippen molar-refractivity contribution in [2.75, 3.05) is 13.1 Å². The third-order valence-electron chi connectivity index (χ3n) is 5.45. The van der Waals surface area contributed by atoms with Gasteiger partial charge in [0, 0.05) is 42.5 Å². The van der Waals surface area contributed by atoms with Crippen LogP contribution in [-0.4, -0.2) is 41.6 Å². The SMILES string of the molecule is Cc1c(C=O)c2cccnc2n1CC1CCCCC1.FC(F)OC1CNC1. The first-order chi connectivity index (χ1) is 13.1. The molecule has 2 aliphatic rings. The van der Waals surface area contributed by atoms with Crippen molar-refractivity contribution in [1.82, 2.24) is 14.9 Å². The molecule has 2 aromatic heterocycles. The molecule has 2 fully saturated rings. The van der Waals surface area contributed by atoms with Crippen molar-refractivity contribution in [3.8, 4) is 0 Å². The summed E-state index contributed by atoms with van der Waals surface area (Å²) in [6, 6.07) is 3.90. The molecule has 2 aromatic rings. The lowest BCUT2D eigenvalue weighted by Gasteiger charge is -2.26.